The number of aryl methyl sites for hydroxylation is 2. The van der Waals surface area contributed by atoms with Crippen molar-refractivity contribution in [2.45, 2.75) is 27.2 Å². The van der Waals surface area contributed by atoms with E-state index in [4.69, 9.17) is 12.2 Å². The maximum absolute atomic E-state index is 5.25. The lowest BCUT2D eigenvalue weighted by molar-refractivity contribution is 1.02. The van der Waals surface area contributed by atoms with Crippen molar-refractivity contribution in [2.24, 2.45) is 0 Å². The minimum Gasteiger partial charge on any atom is -0.343 e. The van der Waals surface area contributed by atoms with Crippen LogP contribution in [0.5, 0.6) is 0 Å². The van der Waals surface area contributed by atoms with Crippen LogP contribution in [0.15, 0.2) is 24.3 Å². The highest BCUT2D eigenvalue weighted by atomic mass is 32.1. The van der Waals surface area contributed by atoms with E-state index in [0.29, 0.717) is 4.64 Å². The zero-order valence-electron chi connectivity index (χ0n) is 10.4. The quantitative estimate of drug-likeness (QED) is 0.809. The smallest absolute Gasteiger partial charge is 0.133 e. The van der Waals surface area contributed by atoms with Crippen molar-refractivity contribution in [1.82, 2.24) is 9.97 Å². The molecule has 0 spiro atoms. The summed E-state index contributed by atoms with van der Waals surface area (Å²) < 4.78 is 0.677. The predicted octanol–water partition coefficient (Wildman–Crippen LogP) is 3.99. The SMILES string of the molecule is CCc1ccc(-c2[nH]c(C)nc(=S)c2C)cc1. The molecule has 0 bridgehead atoms. The van der Waals surface area contributed by atoms with E-state index < -0.39 is 0 Å². The molecule has 2 aromatic rings. The van der Waals surface area contributed by atoms with Gasteiger partial charge < -0.3 is 4.98 Å². The molecular formula is C14H16N2S. The van der Waals surface area contributed by atoms with E-state index in [2.05, 4.69) is 41.2 Å². The first kappa shape index (κ1) is 12.0. The zero-order chi connectivity index (χ0) is 12.4. The summed E-state index contributed by atoms with van der Waals surface area (Å²) in [6.45, 7) is 6.10. The Kier molecular flexibility index (Phi) is 3.38. The number of rotatable bonds is 2. The van der Waals surface area contributed by atoms with Gasteiger partial charge in [-0.15, -0.1) is 0 Å². The van der Waals surface area contributed by atoms with E-state index in [-0.39, 0.29) is 0 Å². The van der Waals surface area contributed by atoms with Crippen molar-refractivity contribution in [3.8, 4) is 11.3 Å². The van der Waals surface area contributed by atoms with E-state index in [1.54, 1.807) is 0 Å². The summed E-state index contributed by atoms with van der Waals surface area (Å²) in [7, 11) is 0. The Labute approximate surface area is 107 Å². The standard InChI is InChI=1S/C14H16N2S/c1-4-11-5-7-12(8-6-11)13-9(2)14(17)16-10(3)15-13/h5-8H,4H2,1-3H3,(H,15,16,17). The highest BCUT2D eigenvalue weighted by molar-refractivity contribution is 7.71. The van der Waals surface area contributed by atoms with Gasteiger partial charge in [-0.25, -0.2) is 4.98 Å². The van der Waals surface area contributed by atoms with Crippen molar-refractivity contribution in [2.75, 3.05) is 0 Å². The summed E-state index contributed by atoms with van der Waals surface area (Å²) >= 11 is 5.25. The van der Waals surface area contributed by atoms with Crippen LogP contribution in [-0.4, -0.2) is 9.97 Å². The molecule has 0 amide bonds. The molecule has 2 nitrogen and oxygen atoms in total. The second-order valence-corrected chi connectivity index (χ2v) is 4.56. The van der Waals surface area contributed by atoms with Gasteiger partial charge in [0.25, 0.3) is 0 Å². The fourth-order valence-corrected chi connectivity index (χ4v) is 2.08. The molecule has 1 heterocycles. The van der Waals surface area contributed by atoms with Gasteiger partial charge in [0.1, 0.15) is 10.5 Å². The maximum Gasteiger partial charge on any atom is 0.133 e. The first-order valence-electron chi connectivity index (χ1n) is 5.78. The van der Waals surface area contributed by atoms with Gasteiger partial charge in [0.2, 0.25) is 0 Å². The van der Waals surface area contributed by atoms with Crippen molar-refractivity contribution in [1.29, 1.82) is 0 Å². The van der Waals surface area contributed by atoms with E-state index in [0.717, 1.165) is 29.1 Å². The van der Waals surface area contributed by atoms with Crippen LogP contribution >= 0.6 is 12.2 Å². The second kappa shape index (κ2) is 4.80. The minimum atomic E-state index is 0.677. The number of aromatic amines is 1. The number of nitrogens with zero attached hydrogens (tertiary/aromatic N) is 1. The molecule has 1 aromatic heterocycles. The van der Waals surface area contributed by atoms with Crippen LogP contribution in [0.2, 0.25) is 0 Å². The normalized spacial score (nSPS) is 10.5. The molecule has 3 heteroatoms. The van der Waals surface area contributed by atoms with Crippen LogP contribution in [0.25, 0.3) is 11.3 Å². The summed E-state index contributed by atoms with van der Waals surface area (Å²) in [5.41, 5.74) is 4.62. The Morgan fingerprint density at radius 2 is 1.82 bits per heavy atom. The van der Waals surface area contributed by atoms with Crippen LogP contribution in [0, 0.1) is 18.5 Å². The maximum atomic E-state index is 5.25. The molecule has 1 N–H and O–H groups in total. The molecule has 0 saturated carbocycles. The second-order valence-electron chi connectivity index (χ2n) is 4.18. The topological polar surface area (TPSA) is 28.7 Å². The first-order valence-corrected chi connectivity index (χ1v) is 6.19. The Bertz CT molecular complexity index is 582. The molecule has 0 atom stereocenters. The van der Waals surface area contributed by atoms with Gasteiger partial charge in [-0.1, -0.05) is 43.4 Å². The average molecular weight is 244 g/mol. The fraction of sp³-hybridized carbons (Fsp3) is 0.286. The lowest BCUT2D eigenvalue weighted by atomic mass is 10.0. The third-order valence-electron chi connectivity index (χ3n) is 2.92. The Morgan fingerprint density at radius 3 is 2.41 bits per heavy atom. The largest absolute Gasteiger partial charge is 0.343 e. The van der Waals surface area contributed by atoms with Crippen molar-refractivity contribution in [3.63, 3.8) is 0 Å². The molecule has 0 aliphatic carbocycles. The lowest BCUT2D eigenvalue weighted by Crippen LogP contribution is -1.96. The van der Waals surface area contributed by atoms with Crippen LogP contribution in [0.4, 0.5) is 0 Å². The Morgan fingerprint density at radius 1 is 1.18 bits per heavy atom. The summed E-state index contributed by atoms with van der Waals surface area (Å²) in [5, 5.41) is 0. The van der Waals surface area contributed by atoms with Gasteiger partial charge in [-0.3, -0.25) is 0 Å². The number of aromatic nitrogens is 2. The van der Waals surface area contributed by atoms with Gasteiger partial charge in [0.15, 0.2) is 0 Å². The van der Waals surface area contributed by atoms with Crippen LogP contribution in [0.1, 0.15) is 23.9 Å². The molecule has 0 radical (unpaired) electrons. The van der Waals surface area contributed by atoms with Crippen molar-refractivity contribution < 1.29 is 0 Å². The number of benzene rings is 1. The minimum absolute atomic E-state index is 0.677. The van der Waals surface area contributed by atoms with Crippen LogP contribution < -0.4 is 0 Å². The molecule has 2 rings (SSSR count). The number of H-pyrrole nitrogens is 1. The monoisotopic (exact) mass is 244 g/mol. The fourth-order valence-electron chi connectivity index (χ4n) is 1.84. The van der Waals surface area contributed by atoms with Gasteiger partial charge in [0.05, 0.1) is 5.69 Å². The first-order chi connectivity index (χ1) is 8.11. The van der Waals surface area contributed by atoms with Gasteiger partial charge >= 0.3 is 0 Å². The van der Waals surface area contributed by atoms with Crippen molar-refractivity contribution in [3.05, 3.63) is 45.9 Å². The summed E-state index contributed by atoms with van der Waals surface area (Å²) in [6, 6.07) is 8.57. The summed E-state index contributed by atoms with van der Waals surface area (Å²) in [6.07, 6.45) is 1.06. The highest BCUT2D eigenvalue weighted by Crippen LogP contribution is 2.22. The lowest BCUT2D eigenvalue weighted by Gasteiger charge is -2.08. The summed E-state index contributed by atoms with van der Waals surface area (Å²) in [5.74, 6) is 0.857. The molecule has 0 saturated heterocycles. The number of hydrogen-bond acceptors (Lipinski definition) is 2. The summed E-state index contributed by atoms with van der Waals surface area (Å²) in [4.78, 5) is 7.54. The predicted molar refractivity (Wildman–Crippen MR) is 73.7 cm³/mol. The molecule has 17 heavy (non-hydrogen) atoms. The Balaban J connectivity index is 2.56. The zero-order valence-corrected chi connectivity index (χ0v) is 11.2. The van der Waals surface area contributed by atoms with E-state index in [1.807, 2.05) is 13.8 Å². The van der Waals surface area contributed by atoms with Crippen LogP contribution in [0.3, 0.4) is 0 Å². The highest BCUT2D eigenvalue weighted by Gasteiger charge is 2.05. The van der Waals surface area contributed by atoms with E-state index >= 15 is 0 Å². The number of nitrogens with one attached hydrogen (secondary N) is 1. The van der Waals surface area contributed by atoms with Crippen LogP contribution in [-0.2, 0) is 6.42 Å². The van der Waals surface area contributed by atoms with Gasteiger partial charge in [0, 0.05) is 5.56 Å². The molecule has 1 aromatic carbocycles. The Hall–Kier alpha value is -1.48. The molecule has 0 aliphatic heterocycles. The molecule has 0 fully saturated rings. The van der Waals surface area contributed by atoms with Gasteiger partial charge in [-0.05, 0) is 31.4 Å². The van der Waals surface area contributed by atoms with E-state index in [1.165, 1.54) is 5.56 Å². The van der Waals surface area contributed by atoms with E-state index in [9.17, 15) is 0 Å². The third-order valence-corrected chi connectivity index (χ3v) is 3.32. The number of hydrogen-bond donors (Lipinski definition) is 1. The molecule has 0 aliphatic rings. The molecule has 0 unspecified atom stereocenters. The molecule has 88 valence electrons. The average Bonchev–Trinajstić information content (AvgIpc) is 2.34. The van der Waals surface area contributed by atoms with Crippen molar-refractivity contribution >= 4 is 12.2 Å². The molecular weight excluding hydrogens is 228 g/mol. The third kappa shape index (κ3) is 2.44. The van der Waals surface area contributed by atoms with Gasteiger partial charge in [-0.2, -0.15) is 0 Å².